The first-order chi connectivity index (χ1) is 6.11. The van der Waals surface area contributed by atoms with E-state index in [1.54, 1.807) is 6.92 Å². The number of aliphatic hydroxyl groups is 1. The molecule has 72 valence electrons. The first-order valence-electron chi connectivity index (χ1n) is 4.23. The average Bonchev–Trinajstić information content (AvgIpc) is 2.03. The summed E-state index contributed by atoms with van der Waals surface area (Å²) in [7, 11) is -1.08. The monoisotopic (exact) mass is 198 g/mol. The molecule has 1 unspecified atom stereocenters. The molecule has 0 fully saturated rings. The van der Waals surface area contributed by atoms with Crippen LogP contribution in [0.1, 0.15) is 12.5 Å². The molecular weight excluding hydrogens is 184 g/mol. The number of rotatable bonds is 3. The van der Waals surface area contributed by atoms with E-state index in [1.165, 1.54) is 0 Å². The Labute approximate surface area is 81.1 Å². The van der Waals surface area contributed by atoms with Crippen molar-refractivity contribution < 1.29 is 9.32 Å². The predicted octanol–water partition coefficient (Wildman–Crippen LogP) is 1.48. The molecule has 0 saturated carbocycles. The summed E-state index contributed by atoms with van der Waals surface area (Å²) in [4.78, 5) is 0.823. The summed E-state index contributed by atoms with van der Waals surface area (Å²) < 4.78 is 11.6. The first-order valence-corrected chi connectivity index (χ1v) is 5.55. The fourth-order valence-electron chi connectivity index (χ4n) is 1.12. The van der Waals surface area contributed by atoms with E-state index < -0.39 is 16.9 Å². The molecule has 0 radical (unpaired) electrons. The normalized spacial score (nSPS) is 15.3. The van der Waals surface area contributed by atoms with Crippen LogP contribution < -0.4 is 0 Å². The van der Waals surface area contributed by atoms with Gasteiger partial charge >= 0.3 is 0 Å². The molecule has 13 heavy (non-hydrogen) atoms. The Morgan fingerprint density at radius 3 is 2.62 bits per heavy atom. The minimum absolute atomic E-state index is 0.310. The Balaban J connectivity index is 2.83. The van der Waals surface area contributed by atoms with Crippen molar-refractivity contribution >= 4 is 10.8 Å². The summed E-state index contributed by atoms with van der Waals surface area (Å²) >= 11 is 0. The maximum absolute atomic E-state index is 11.6. The van der Waals surface area contributed by atoms with Crippen LogP contribution in [-0.4, -0.2) is 21.2 Å². The largest absolute Gasteiger partial charge is 0.392 e. The molecule has 0 aromatic heterocycles. The highest BCUT2D eigenvalue weighted by molar-refractivity contribution is 7.85. The number of aryl methyl sites for hydroxylation is 1. The van der Waals surface area contributed by atoms with Crippen molar-refractivity contribution in [2.24, 2.45) is 0 Å². The Bertz CT molecular complexity index is 308. The lowest BCUT2D eigenvalue weighted by molar-refractivity contribution is 0.219. The molecule has 0 saturated heterocycles. The van der Waals surface area contributed by atoms with E-state index in [0.29, 0.717) is 5.75 Å². The van der Waals surface area contributed by atoms with E-state index in [9.17, 15) is 4.21 Å². The number of hydrogen-bond acceptors (Lipinski definition) is 2. The standard InChI is InChI=1S/C10H14O2S/c1-8-5-3-4-6-10(8)13(12)7-9(2)11/h3-6,9,11H,7H2,1-2H3/t9-,13?/m0/s1. The maximum Gasteiger partial charge on any atom is 0.0630 e. The lowest BCUT2D eigenvalue weighted by Gasteiger charge is -2.06. The fourth-order valence-corrected chi connectivity index (χ4v) is 2.40. The summed E-state index contributed by atoms with van der Waals surface area (Å²) in [6.07, 6.45) is -0.513. The van der Waals surface area contributed by atoms with Gasteiger partial charge in [0.2, 0.25) is 0 Å². The van der Waals surface area contributed by atoms with E-state index in [4.69, 9.17) is 5.11 Å². The van der Waals surface area contributed by atoms with E-state index in [0.717, 1.165) is 10.5 Å². The van der Waals surface area contributed by atoms with Crippen molar-refractivity contribution in [3.05, 3.63) is 29.8 Å². The Kier molecular flexibility index (Phi) is 3.63. The summed E-state index contributed by atoms with van der Waals surface area (Å²) in [5.74, 6) is 0.310. The zero-order valence-electron chi connectivity index (χ0n) is 7.86. The quantitative estimate of drug-likeness (QED) is 0.799. The molecular formula is C10H14O2S. The Morgan fingerprint density at radius 2 is 2.08 bits per heavy atom. The summed E-state index contributed by atoms with van der Waals surface area (Å²) in [5.41, 5.74) is 1.02. The summed E-state index contributed by atoms with van der Waals surface area (Å²) in [6, 6.07) is 7.55. The molecule has 0 aliphatic heterocycles. The molecule has 0 bridgehead atoms. The highest BCUT2D eigenvalue weighted by Crippen LogP contribution is 2.12. The van der Waals surface area contributed by atoms with Crippen LogP contribution in [0.4, 0.5) is 0 Å². The Morgan fingerprint density at radius 1 is 1.46 bits per heavy atom. The molecule has 3 heteroatoms. The fraction of sp³-hybridized carbons (Fsp3) is 0.400. The zero-order chi connectivity index (χ0) is 9.84. The van der Waals surface area contributed by atoms with Gasteiger partial charge in [0, 0.05) is 4.90 Å². The van der Waals surface area contributed by atoms with Gasteiger partial charge in [-0.2, -0.15) is 0 Å². The molecule has 0 aliphatic carbocycles. The smallest absolute Gasteiger partial charge is 0.0630 e. The van der Waals surface area contributed by atoms with Crippen LogP contribution in [0.25, 0.3) is 0 Å². The molecule has 2 atom stereocenters. The highest BCUT2D eigenvalue weighted by Gasteiger charge is 2.08. The van der Waals surface area contributed by atoms with Crippen molar-refractivity contribution in [1.29, 1.82) is 0 Å². The molecule has 0 aliphatic rings. The topological polar surface area (TPSA) is 37.3 Å². The lowest BCUT2D eigenvalue weighted by atomic mass is 10.2. The average molecular weight is 198 g/mol. The maximum atomic E-state index is 11.6. The van der Waals surface area contributed by atoms with Crippen LogP contribution in [0, 0.1) is 6.92 Å². The van der Waals surface area contributed by atoms with Crippen LogP contribution in [0.15, 0.2) is 29.2 Å². The third-order valence-electron chi connectivity index (χ3n) is 1.73. The van der Waals surface area contributed by atoms with Gasteiger partial charge in [0.15, 0.2) is 0 Å². The molecule has 0 spiro atoms. The third kappa shape index (κ3) is 2.94. The van der Waals surface area contributed by atoms with E-state index >= 15 is 0 Å². The van der Waals surface area contributed by atoms with Gasteiger partial charge in [0.1, 0.15) is 0 Å². The van der Waals surface area contributed by atoms with Crippen molar-refractivity contribution in [2.45, 2.75) is 24.8 Å². The van der Waals surface area contributed by atoms with E-state index in [-0.39, 0.29) is 0 Å². The second kappa shape index (κ2) is 4.53. The molecule has 1 rings (SSSR count). The van der Waals surface area contributed by atoms with Gasteiger partial charge in [-0.3, -0.25) is 4.21 Å². The van der Waals surface area contributed by atoms with Gasteiger partial charge in [-0.1, -0.05) is 18.2 Å². The first kappa shape index (κ1) is 10.4. The number of hydrogen-bond donors (Lipinski definition) is 1. The minimum Gasteiger partial charge on any atom is -0.392 e. The summed E-state index contributed by atoms with van der Waals surface area (Å²) in [5, 5.41) is 9.08. The zero-order valence-corrected chi connectivity index (χ0v) is 8.67. The van der Waals surface area contributed by atoms with Gasteiger partial charge < -0.3 is 5.11 Å². The van der Waals surface area contributed by atoms with Crippen LogP contribution in [0.5, 0.6) is 0 Å². The van der Waals surface area contributed by atoms with E-state index in [2.05, 4.69) is 0 Å². The highest BCUT2D eigenvalue weighted by atomic mass is 32.2. The molecule has 0 amide bonds. The minimum atomic E-state index is -1.08. The van der Waals surface area contributed by atoms with Crippen LogP contribution in [0.3, 0.4) is 0 Å². The van der Waals surface area contributed by atoms with Gasteiger partial charge in [0.05, 0.1) is 22.7 Å². The van der Waals surface area contributed by atoms with Gasteiger partial charge in [0.25, 0.3) is 0 Å². The number of aliphatic hydroxyl groups excluding tert-OH is 1. The number of benzene rings is 1. The second-order valence-electron chi connectivity index (χ2n) is 3.13. The summed E-state index contributed by atoms with van der Waals surface area (Å²) in [6.45, 7) is 3.57. The second-order valence-corrected chi connectivity index (χ2v) is 4.59. The van der Waals surface area contributed by atoms with Gasteiger partial charge in [-0.15, -0.1) is 0 Å². The van der Waals surface area contributed by atoms with Crippen LogP contribution in [-0.2, 0) is 10.8 Å². The molecule has 1 N–H and O–H groups in total. The molecule has 0 heterocycles. The van der Waals surface area contributed by atoms with Crippen LogP contribution in [0.2, 0.25) is 0 Å². The Hall–Kier alpha value is -0.670. The van der Waals surface area contributed by atoms with Crippen molar-refractivity contribution in [3.8, 4) is 0 Å². The van der Waals surface area contributed by atoms with Crippen molar-refractivity contribution in [1.82, 2.24) is 0 Å². The van der Waals surface area contributed by atoms with Gasteiger partial charge in [-0.05, 0) is 25.5 Å². The molecule has 1 aromatic carbocycles. The molecule has 2 nitrogen and oxygen atoms in total. The lowest BCUT2D eigenvalue weighted by Crippen LogP contribution is -2.12. The van der Waals surface area contributed by atoms with Crippen LogP contribution >= 0.6 is 0 Å². The molecule has 1 aromatic rings. The van der Waals surface area contributed by atoms with E-state index in [1.807, 2.05) is 31.2 Å². The van der Waals surface area contributed by atoms with Gasteiger partial charge in [-0.25, -0.2) is 0 Å². The predicted molar refractivity (Wildman–Crippen MR) is 54.1 cm³/mol. The third-order valence-corrected chi connectivity index (χ3v) is 3.47. The SMILES string of the molecule is Cc1ccccc1S(=O)C[C@H](C)O. The van der Waals surface area contributed by atoms with Crippen molar-refractivity contribution in [3.63, 3.8) is 0 Å². The van der Waals surface area contributed by atoms with Crippen molar-refractivity contribution in [2.75, 3.05) is 5.75 Å².